The number of carbonyl (C=O) groups is 1. The van der Waals surface area contributed by atoms with Crippen molar-refractivity contribution in [2.75, 3.05) is 13.2 Å². The monoisotopic (exact) mass is 280 g/mol. The summed E-state index contributed by atoms with van der Waals surface area (Å²) in [5.74, 6) is -0.0389. The molecular formula is C14H24N4O2. The van der Waals surface area contributed by atoms with Crippen LogP contribution in [0.5, 0.6) is 0 Å². The highest BCUT2D eigenvalue weighted by atomic mass is 16.5. The summed E-state index contributed by atoms with van der Waals surface area (Å²) in [6.07, 6.45) is 7.88. The van der Waals surface area contributed by atoms with Gasteiger partial charge in [0, 0.05) is 25.0 Å². The normalized spacial score (nSPS) is 24.3. The molecule has 1 fully saturated rings. The lowest BCUT2D eigenvalue weighted by Gasteiger charge is -2.26. The maximum Gasteiger partial charge on any atom is 0.244 e. The van der Waals surface area contributed by atoms with Crippen LogP contribution in [-0.2, 0) is 9.53 Å². The molecule has 1 aliphatic rings. The molecule has 1 amide bonds. The Balaban J connectivity index is 1.60. The van der Waals surface area contributed by atoms with Crippen molar-refractivity contribution in [1.82, 2.24) is 15.1 Å². The van der Waals surface area contributed by atoms with Gasteiger partial charge >= 0.3 is 0 Å². The lowest BCUT2D eigenvalue weighted by Crippen LogP contribution is -2.35. The molecule has 1 saturated carbocycles. The van der Waals surface area contributed by atoms with Gasteiger partial charge in [-0.3, -0.25) is 9.48 Å². The minimum Gasteiger partial charge on any atom is -0.376 e. The maximum atomic E-state index is 11.9. The molecule has 6 nitrogen and oxygen atoms in total. The number of ether oxygens (including phenoxy) is 1. The van der Waals surface area contributed by atoms with E-state index in [9.17, 15) is 4.79 Å². The van der Waals surface area contributed by atoms with Crippen LogP contribution < -0.4 is 11.1 Å². The van der Waals surface area contributed by atoms with Crippen LogP contribution in [0, 0.1) is 0 Å². The van der Waals surface area contributed by atoms with Crippen LogP contribution in [-0.4, -0.2) is 41.0 Å². The number of nitrogens with zero attached hydrogens (tertiary/aromatic N) is 2. The Morgan fingerprint density at radius 2 is 2.25 bits per heavy atom. The van der Waals surface area contributed by atoms with Crippen LogP contribution in [0.3, 0.4) is 0 Å². The van der Waals surface area contributed by atoms with E-state index in [4.69, 9.17) is 10.5 Å². The van der Waals surface area contributed by atoms with Gasteiger partial charge in [-0.05, 0) is 38.7 Å². The molecule has 1 unspecified atom stereocenters. The Kier molecular flexibility index (Phi) is 5.55. The van der Waals surface area contributed by atoms with Gasteiger partial charge in [0.05, 0.1) is 12.7 Å². The van der Waals surface area contributed by atoms with E-state index in [0.717, 1.165) is 25.7 Å². The van der Waals surface area contributed by atoms with Gasteiger partial charge in [-0.1, -0.05) is 0 Å². The SMILES string of the molecule is CC(C(=O)NCCOC1CCC(N)CC1)n1cccn1. The molecule has 2 rings (SSSR count). The van der Waals surface area contributed by atoms with Gasteiger partial charge in [0.25, 0.3) is 0 Å². The molecule has 1 aliphatic carbocycles. The van der Waals surface area contributed by atoms with Crippen LogP contribution in [0.2, 0.25) is 0 Å². The quantitative estimate of drug-likeness (QED) is 0.757. The number of hydrogen-bond acceptors (Lipinski definition) is 4. The molecule has 6 heteroatoms. The van der Waals surface area contributed by atoms with Crippen LogP contribution >= 0.6 is 0 Å². The molecule has 0 radical (unpaired) electrons. The van der Waals surface area contributed by atoms with Gasteiger partial charge in [0.15, 0.2) is 0 Å². The fourth-order valence-electron chi connectivity index (χ4n) is 2.43. The fourth-order valence-corrected chi connectivity index (χ4v) is 2.43. The number of nitrogens with two attached hydrogens (primary N) is 1. The predicted octanol–water partition coefficient (Wildman–Crippen LogP) is 0.847. The Labute approximate surface area is 119 Å². The number of carbonyl (C=O) groups excluding carboxylic acids is 1. The first-order valence-electron chi connectivity index (χ1n) is 7.31. The van der Waals surface area contributed by atoms with Crippen LogP contribution in [0.15, 0.2) is 18.5 Å². The molecule has 112 valence electrons. The van der Waals surface area contributed by atoms with E-state index in [2.05, 4.69) is 10.4 Å². The maximum absolute atomic E-state index is 11.9. The largest absolute Gasteiger partial charge is 0.376 e. The van der Waals surface area contributed by atoms with Gasteiger partial charge in [-0.2, -0.15) is 5.10 Å². The summed E-state index contributed by atoms with van der Waals surface area (Å²) in [5.41, 5.74) is 5.85. The molecule has 0 saturated heterocycles. The molecule has 0 spiro atoms. The third-order valence-corrected chi connectivity index (χ3v) is 3.77. The van der Waals surface area contributed by atoms with E-state index in [0.29, 0.717) is 25.3 Å². The van der Waals surface area contributed by atoms with Gasteiger partial charge in [0.1, 0.15) is 6.04 Å². The zero-order valence-corrected chi connectivity index (χ0v) is 12.0. The number of hydrogen-bond donors (Lipinski definition) is 2. The molecular weight excluding hydrogens is 256 g/mol. The zero-order chi connectivity index (χ0) is 14.4. The minimum atomic E-state index is -0.294. The lowest BCUT2D eigenvalue weighted by molar-refractivity contribution is -0.124. The third-order valence-electron chi connectivity index (χ3n) is 3.77. The van der Waals surface area contributed by atoms with Gasteiger partial charge < -0.3 is 15.8 Å². The van der Waals surface area contributed by atoms with Crippen LogP contribution in [0.1, 0.15) is 38.6 Å². The average Bonchev–Trinajstić information content (AvgIpc) is 2.98. The fraction of sp³-hybridized carbons (Fsp3) is 0.714. The first-order valence-corrected chi connectivity index (χ1v) is 7.31. The summed E-state index contributed by atoms with van der Waals surface area (Å²) in [5, 5.41) is 6.93. The highest BCUT2D eigenvalue weighted by Crippen LogP contribution is 2.19. The number of nitrogens with one attached hydrogen (secondary N) is 1. The average molecular weight is 280 g/mol. The van der Waals surface area contributed by atoms with Crippen molar-refractivity contribution in [3.63, 3.8) is 0 Å². The first-order chi connectivity index (χ1) is 9.66. The van der Waals surface area contributed by atoms with Crippen molar-refractivity contribution >= 4 is 5.91 Å². The van der Waals surface area contributed by atoms with Crippen LogP contribution in [0.4, 0.5) is 0 Å². The van der Waals surface area contributed by atoms with Crippen molar-refractivity contribution < 1.29 is 9.53 Å². The van der Waals surface area contributed by atoms with E-state index in [1.807, 2.05) is 6.92 Å². The van der Waals surface area contributed by atoms with Gasteiger partial charge in [-0.25, -0.2) is 0 Å². The molecule has 0 aliphatic heterocycles. The van der Waals surface area contributed by atoms with E-state index < -0.39 is 0 Å². The summed E-state index contributed by atoms with van der Waals surface area (Å²) in [6, 6.07) is 1.85. The second-order valence-corrected chi connectivity index (χ2v) is 5.36. The van der Waals surface area contributed by atoms with Crippen LogP contribution in [0.25, 0.3) is 0 Å². The van der Waals surface area contributed by atoms with Crippen molar-refractivity contribution in [3.05, 3.63) is 18.5 Å². The van der Waals surface area contributed by atoms with E-state index in [-0.39, 0.29) is 11.9 Å². The highest BCUT2D eigenvalue weighted by Gasteiger charge is 2.19. The Hall–Kier alpha value is -1.40. The molecule has 3 N–H and O–H groups in total. The molecule has 0 aromatic carbocycles. The topological polar surface area (TPSA) is 82.2 Å². The number of aromatic nitrogens is 2. The smallest absolute Gasteiger partial charge is 0.244 e. The van der Waals surface area contributed by atoms with Gasteiger partial charge in [0.2, 0.25) is 5.91 Å². The molecule has 20 heavy (non-hydrogen) atoms. The second kappa shape index (κ2) is 7.40. The van der Waals surface area contributed by atoms with E-state index in [1.54, 1.807) is 23.1 Å². The van der Waals surface area contributed by atoms with E-state index >= 15 is 0 Å². The van der Waals surface area contributed by atoms with Crippen molar-refractivity contribution in [2.24, 2.45) is 5.73 Å². The summed E-state index contributed by atoms with van der Waals surface area (Å²) in [6.45, 7) is 2.91. The zero-order valence-electron chi connectivity index (χ0n) is 12.0. The molecule has 1 heterocycles. The summed E-state index contributed by atoms with van der Waals surface area (Å²) < 4.78 is 7.40. The number of rotatable bonds is 6. The molecule has 1 aromatic rings. The Bertz CT molecular complexity index is 399. The highest BCUT2D eigenvalue weighted by molar-refractivity contribution is 5.79. The third kappa shape index (κ3) is 4.31. The van der Waals surface area contributed by atoms with E-state index in [1.165, 1.54) is 0 Å². The second-order valence-electron chi connectivity index (χ2n) is 5.36. The standard InChI is InChI=1S/C14H24N4O2/c1-11(18-9-2-7-17-18)14(19)16-8-10-20-13-5-3-12(15)4-6-13/h2,7,9,11-13H,3-6,8,10,15H2,1H3,(H,16,19). The summed E-state index contributed by atoms with van der Waals surface area (Å²) in [7, 11) is 0. The van der Waals surface area contributed by atoms with Crippen molar-refractivity contribution in [2.45, 2.75) is 50.8 Å². The molecule has 1 aromatic heterocycles. The minimum absolute atomic E-state index is 0.0389. The Morgan fingerprint density at radius 3 is 2.90 bits per heavy atom. The van der Waals surface area contributed by atoms with Crippen molar-refractivity contribution in [3.8, 4) is 0 Å². The predicted molar refractivity (Wildman–Crippen MR) is 76.1 cm³/mol. The first kappa shape index (κ1) is 15.0. The molecule has 0 bridgehead atoms. The summed E-state index contributed by atoms with van der Waals surface area (Å²) in [4.78, 5) is 11.9. The lowest BCUT2D eigenvalue weighted by atomic mass is 9.94. The Morgan fingerprint density at radius 1 is 1.50 bits per heavy atom. The van der Waals surface area contributed by atoms with Gasteiger partial charge in [-0.15, -0.1) is 0 Å². The number of amides is 1. The van der Waals surface area contributed by atoms with Crippen molar-refractivity contribution in [1.29, 1.82) is 0 Å². The summed E-state index contributed by atoms with van der Waals surface area (Å²) >= 11 is 0. The molecule has 1 atom stereocenters.